The molecule has 0 amide bonds. The van der Waals surface area contributed by atoms with Gasteiger partial charge >= 0.3 is 0 Å². The number of fused-ring (bicyclic) bond motifs is 3. The molecule has 1 heterocycles. The lowest BCUT2D eigenvalue weighted by Crippen LogP contribution is -2.10. The van der Waals surface area contributed by atoms with E-state index >= 15 is 0 Å². The van der Waals surface area contributed by atoms with E-state index in [1.54, 1.807) is 0 Å². The summed E-state index contributed by atoms with van der Waals surface area (Å²) in [5.74, 6) is 0. The highest BCUT2D eigenvalue weighted by Gasteiger charge is 2.20. The van der Waals surface area contributed by atoms with Gasteiger partial charge in [0.1, 0.15) is 0 Å². The fourth-order valence-electron chi connectivity index (χ4n) is 2.86. The Balaban J connectivity index is 2.37. The Labute approximate surface area is 131 Å². The highest BCUT2D eigenvalue weighted by molar-refractivity contribution is 7.26. The standard InChI is InChI=1S/C20H24S/c1-19(2,3)13-10-11-17-15(12-13)14-8-7-9-16(18(14)21-17)20(4,5)6/h7-12H,1-6H3. The van der Waals surface area contributed by atoms with Crippen LogP contribution in [0.3, 0.4) is 0 Å². The Morgan fingerprint density at radius 1 is 0.762 bits per heavy atom. The van der Waals surface area contributed by atoms with Gasteiger partial charge in [0.15, 0.2) is 0 Å². The lowest BCUT2D eigenvalue weighted by Gasteiger charge is -2.20. The fourth-order valence-corrected chi connectivity index (χ4v) is 4.26. The van der Waals surface area contributed by atoms with E-state index in [0.717, 1.165) is 0 Å². The van der Waals surface area contributed by atoms with Crippen LogP contribution in [0.1, 0.15) is 52.7 Å². The molecule has 3 aromatic rings. The van der Waals surface area contributed by atoms with Gasteiger partial charge in [0.05, 0.1) is 0 Å². The van der Waals surface area contributed by atoms with Crippen molar-refractivity contribution in [1.29, 1.82) is 0 Å². The monoisotopic (exact) mass is 296 g/mol. The molecule has 21 heavy (non-hydrogen) atoms. The molecule has 3 rings (SSSR count). The molecule has 110 valence electrons. The van der Waals surface area contributed by atoms with Crippen LogP contribution >= 0.6 is 11.3 Å². The Kier molecular flexibility index (Phi) is 3.18. The predicted molar refractivity (Wildman–Crippen MR) is 96.7 cm³/mol. The van der Waals surface area contributed by atoms with Crippen molar-refractivity contribution >= 4 is 31.5 Å². The maximum absolute atomic E-state index is 2.39. The fraction of sp³-hybridized carbons (Fsp3) is 0.400. The van der Waals surface area contributed by atoms with Gasteiger partial charge in [-0.1, -0.05) is 65.8 Å². The third-order valence-electron chi connectivity index (χ3n) is 4.17. The summed E-state index contributed by atoms with van der Waals surface area (Å²) in [6.45, 7) is 13.7. The van der Waals surface area contributed by atoms with Crippen molar-refractivity contribution in [2.75, 3.05) is 0 Å². The van der Waals surface area contributed by atoms with Gasteiger partial charge in [0.25, 0.3) is 0 Å². The van der Waals surface area contributed by atoms with Crippen LogP contribution in [0.4, 0.5) is 0 Å². The van der Waals surface area contributed by atoms with E-state index in [4.69, 9.17) is 0 Å². The molecule has 0 bridgehead atoms. The van der Waals surface area contributed by atoms with E-state index in [1.807, 2.05) is 11.3 Å². The first kappa shape index (κ1) is 14.6. The number of thiophene rings is 1. The van der Waals surface area contributed by atoms with Gasteiger partial charge in [-0.3, -0.25) is 0 Å². The van der Waals surface area contributed by atoms with E-state index < -0.39 is 0 Å². The molecule has 0 spiro atoms. The summed E-state index contributed by atoms with van der Waals surface area (Å²) in [6.07, 6.45) is 0. The van der Waals surface area contributed by atoms with Crippen LogP contribution in [0.15, 0.2) is 36.4 Å². The van der Waals surface area contributed by atoms with Crippen LogP contribution < -0.4 is 0 Å². The lowest BCUT2D eigenvalue weighted by molar-refractivity contribution is 0.591. The number of benzene rings is 2. The highest BCUT2D eigenvalue weighted by Crippen LogP contribution is 2.41. The van der Waals surface area contributed by atoms with Crippen molar-refractivity contribution in [1.82, 2.24) is 0 Å². The predicted octanol–water partition coefficient (Wildman–Crippen LogP) is 6.65. The van der Waals surface area contributed by atoms with E-state index in [1.165, 1.54) is 31.3 Å². The van der Waals surface area contributed by atoms with Crippen LogP contribution in [0, 0.1) is 0 Å². The normalized spacial score (nSPS) is 13.2. The second kappa shape index (κ2) is 4.58. The Hall–Kier alpha value is -1.34. The summed E-state index contributed by atoms with van der Waals surface area (Å²) in [6, 6.07) is 13.7. The average Bonchev–Trinajstić information content (AvgIpc) is 2.73. The average molecular weight is 296 g/mol. The zero-order valence-corrected chi connectivity index (χ0v) is 14.7. The molecule has 0 aliphatic heterocycles. The summed E-state index contributed by atoms with van der Waals surface area (Å²) in [5.41, 5.74) is 3.26. The van der Waals surface area contributed by atoms with E-state index in [0.29, 0.717) is 0 Å². The first-order chi connectivity index (χ1) is 9.68. The van der Waals surface area contributed by atoms with Gasteiger partial charge in [-0.2, -0.15) is 0 Å². The molecule has 1 heteroatoms. The van der Waals surface area contributed by atoms with Crippen LogP contribution in [0.2, 0.25) is 0 Å². The Morgan fingerprint density at radius 2 is 1.48 bits per heavy atom. The second-order valence-electron chi connectivity index (χ2n) is 8.00. The van der Waals surface area contributed by atoms with Crippen LogP contribution in [0.5, 0.6) is 0 Å². The van der Waals surface area contributed by atoms with Gasteiger partial charge in [0.2, 0.25) is 0 Å². The van der Waals surface area contributed by atoms with Crippen LogP contribution in [0.25, 0.3) is 20.2 Å². The molecule has 0 unspecified atom stereocenters. The highest BCUT2D eigenvalue weighted by atomic mass is 32.1. The molecule has 1 aromatic heterocycles. The van der Waals surface area contributed by atoms with Crippen molar-refractivity contribution in [3.63, 3.8) is 0 Å². The third kappa shape index (κ3) is 2.48. The lowest BCUT2D eigenvalue weighted by atomic mass is 9.85. The first-order valence-electron chi connectivity index (χ1n) is 7.64. The molecule has 0 nitrogen and oxygen atoms in total. The van der Waals surface area contributed by atoms with Crippen molar-refractivity contribution in [3.05, 3.63) is 47.5 Å². The number of hydrogen-bond donors (Lipinski definition) is 0. The second-order valence-corrected chi connectivity index (χ2v) is 9.05. The number of hydrogen-bond acceptors (Lipinski definition) is 1. The minimum absolute atomic E-state index is 0.188. The molecule has 0 aliphatic rings. The Morgan fingerprint density at radius 3 is 2.10 bits per heavy atom. The van der Waals surface area contributed by atoms with Gasteiger partial charge < -0.3 is 0 Å². The smallest absolute Gasteiger partial charge is 0.0392 e. The summed E-state index contributed by atoms with van der Waals surface area (Å²) in [5, 5.41) is 2.82. The maximum Gasteiger partial charge on any atom is 0.0392 e. The molecule has 0 saturated carbocycles. The quantitative estimate of drug-likeness (QED) is 0.435. The molecule has 0 N–H and O–H groups in total. The molecule has 0 radical (unpaired) electrons. The SMILES string of the molecule is CC(C)(C)c1ccc2sc3c(C(C)(C)C)cccc3c2c1. The first-order valence-corrected chi connectivity index (χ1v) is 8.46. The molecule has 0 saturated heterocycles. The van der Waals surface area contributed by atoms with E-state index in [2.05, 4.69) is 77.9 Å². The summed E-state index contributed by atoms with van der Waals surface area (Å²) in [7, 11) is 0. The van der Waals surface area contributed by atoms with E-state index in [9.17, 15) is 0 Å². The van der Waals surface area contributed by atoms with Crippen molar-refractivity contribution in [3.8, 4) is 0 Å². The third-order valence-corrected chi connectivity index (χ3v) is 5.39. The van der Waals surface area contributed by atoms with Crippen molar-refractivity contribution < 1.29 is 0 Å². The molecule has 0 aliphatic carbocycles. The summed E-state index contributed by atoms with van der Waals surface area (Å²) >= 11 is 1.93. The zero-order chi connectivity index (χ0) is 15.4. The van der Waals surface area contributed by atoms with Gasteiger partial charge in [-0.05, 0) is 34.1 Å². The molecule has 2 aromatic carbocycles. The topological polar surface area (TPSA) is 0 Å². The van der Waals surface area contributed by atoms with Crippen LogP contribution in [-0.2, 0) is 10.8 Å². The molecular weight excluding hydrogens is 272 g/mol. The summed E-state index contributed by atoms with van der Waals surface area (Å²) in [4.78, 5) is 0. The van der Waals surface area contributed by atoms with Gasteiger partial charge in [-0.15, -0.1) is 11.3 Å². The zero-order valence-electron chi connectivity index (χ0n) is 13.9. The minimum atomic E-state index is 0.188. The van der Waals surface area contributed by atoms with E-state index in [-0.39, 0.29) is 10.8 Å². The van der Waals surface area contributed by atoms with Crippen molar-refractivity contribution in [2.24, 2.45) is 0 Å². The Bertz CT molecular complexity index is 807. The number of rotatable bonds is 0. The molecule has 0 fully saturated rings. The summed E-state index contributed by atoms with van der Waals surface area (Å²) < 4.78 is 2.85. The van der Waals surface area contributed by atoms with Gasteiger partial charge in [-0.25, -0.2) is 0 Å². The van der Waals surface area contributed by atoms with Crippen molar-refractivity contribution in [2.45, 2.75) is 52.4 Å². The molecular formula is C20H24S. The molecule has 0 atom stereocenters. The minimum Gasteiger partial charge on any atom is -0.135 e. The largest absolute Gasteiger partial charge is 0.135 e. The van der Waals surface area contributed by atoms with Crippen LogP contribution in [-0.4, -0.2) is 0 Å². The van der Waals surface area contributed by atoms with Gasteiger partial charge in [0, 0.05) is 20.2 Å². The maximum atomic E-state index is 2.39.